The predicted molar refractivity (Wildman–Crippen MR) is 103 cm³/mol. The van der Waals surface area contributed by atoms with Crippen LogP contribution in [0.2, 0.25) is 5.15 Å². The first-order chi connectivity index (χ1) is 11.8. The Morgan fingerprint density at radius 1 is 1.36 bits per heavy atom. The van der Waals surface area contributed by atoms with Crippen molar-refractivity contribution in [3.63, 3.8) is 0 Å². The first-order valence-electron chi connectivity index (χ1n) is 8.15. The van der Waals surface area contributed by atoms with Crippen LogP contribution >= 0.6 is 27.5 Å². The van der Waals surface area contributed by atoms with Crippen LogP contribution in [0.15, 0.2) is 16.7 Å². The number of halogens is 2. The summed E-state index contributed by atoms with van der Waals surface area (Å²) in [6, 6.07) is 1.83. The van der Waals surface area contributed by atoms with Gasteiger partial charge in [-0.1, -0.05) is 11.6 Å². The van der Waals surface area contributed by atoms with E-state index in [1.807, 2.05) is 13.0 Å². The molecular weight excluding hydrogens is 406 g/mol. The first kappa shape index (κ1) is 18.5. The lowest BCUT2D eigenvalue weighted by atomic mass is 9.91. The van der Waals surface area contributed by atoms with E-state index in [2.05, 4.69) is 37.7 Å². The molecule has 1 fully saturated rings. The maximum atomic E-state index is 9.83. The van der Waals surface area contributed by atoms with Crippen LogP contribution in [-0.2, 0) is 6.61 Å². The maximum absolute atomic E-state index is 9.83. The molecule has 0 saturated carbocycles. The molecule has 3 heterocycles. The summed E-state index contributed by atoms with van der Waals surface area (Å²) in [6.07, 6.45) is 3.39. The summed E-state index contributed by atoms with van der Waals surface area (Å²) in [5.74, 6) is 0.732. The van der Waals surface area contributed by atoms with Crippen LogP contribution < -0.4 is 10.6 Å². The number of nitrogens with zero attached hydrogens (tertiary/aromatic N) is 4. The second kappa shape index (κ2) is 7.15. The van der Waals surface area contributed by atoms with Gasteiger partial charge in [0.1, 0.15) is 10.8 Å². The Hall–Kier alpha value is -1.28. The Morgan fingerprint density at radius 2 is 2.04 bits per heavy atom. The number of aliphatic hydroxyl groups excluding tert-OH is 1. The number of anilines is 1. The van der Waals surface area contributed by atoms with Gasteiger partial charge in [-0.3, -0.25) is 0 Å². The number of hydrogen-bond acceptors (Lipinski definition) is 6. The minimum atomic E-state index is -0.178. The standard InChI is InChI=1S/C17H21BrClN5O/c1-10-14(11-3-6-21-15(19)13(11)18)23-12(9-25)16(22-10)24-7-4-17(2,20)5-8-24/h3,6,25H,4-5,7-9,20H2,1-2H3. The van der Waals surface area contributed by atoms with Crippen LogP contribution in [0.5, 0.6) is 0 Å². The Kier molecular flexibility index (Phi) is 5.29. The number of pyridine rings is 1. The predicted octanol–water partition coefficient (Wildman–Crippen LogP) is 3.07. The van der Waals surface area contributed by atoms with Crippen molar-refractivity contribution in [2.75, 3.05) is 18.0 Å². The molecule has 8 heteroatoms. The van der Waals surface area contributed by atoms with Crippen LogP contribution in [0, 0.1) is 6.92 Å². The molecule has 1 aliphatic rings. The van der Waals surface area contributed by atoms with Crippen LogP contribution in [0.25, 0.3) is 11.3 Å². The van der Waals surface area contributed by atoms with Gasteiger partial charge >= 0.3 is 0 Å². The molecule has 0 amide bonds. The van der Waals surface area contributed by atoms with Gasteiger partial charge in [-0.15, -0.1) is 0 Å². The van der Waals surface area contributed by atoms with E-state index in [9.17, 15) is 5.11 Å². The molecule has 0 radical (unpaired) electrons. The van der Waals surface area contributed by atoms with Crippen LogP contribution in [0.4, 0.5) is 5.82 Å². The van der Waals surface area contributed by atoms with E-state index in [1.165, 1.54) is 0 Å². The highest BCUT2D eigenvalue weighted by molar-refractivity contribution is 9.10. The molecule has 25 heavy (non-hydrogen) atoms. The minimum Gasteiger partial charge on any atom is -0.390 e. The second-order valence-electron chi connectivity index (χ2n) is 6.69. The van der Waals surface area contributed by atoms with E-state index in [-0.39, 0.29) is 12.1 Å². The molecule has 2 aromatic rings. The molecule has 0 aromatic carbocycles. The van der Waals surface area contributed by atoms with Crippen molar-refractivity contribution in [1.82, 2.24) is 15.0 Å². The third-order valence-electron chi connectivity index (χ3n) is 4.58. The quantitative estimate of drug-likeness (QED) is 0.733. The van der Waals surface area contributed by atoms with E-state index in [0.29, 0.717) is 21.0 Å². The molecule has 0 spiro atoms. The van der Waals surface area contributed by atoms with Crippen LogP contribution in [0.3, 0.4) is 0 Å². The molecule has 0 aliphatic carbocycles. The summed E-state index contributed by atoms with van der Waals surface area (Å²) in [6.45, 7) is 5.41. The molecule has 134 valence electrons. The highest BCUT2D eigenvalue weighted by atomic mass is 79.9. The molecular formula is C17H21BrClN5O. The van der Waals surface area contributed by atoms with Crippen molar-refractivity contribution in [1.29, 1.82) is 0 Å². The number of aromatic nitrogens is 3. The molecule has 2 aromatic heterocycles. The Morgan fingerprint density at radius 3 is 2.68 bits per heavy atom. The van der Waals surface area contributed by atoms with Crippen molar-refractivity contribution in [3.05, 3.63) is 33.3 Å². The molecule has 3 rings (SSSR count). The number of aliphatic hydroxyl groups is 1. The Balaban J connectivity index is 2.01. The summed E-state index contributed by atoms with van der Waals surface area (Å²) in [4.78, 5) is 15.6. The van der Waals surface area contributed by atoms with Crippen molar-refractivity contribution in [2.45, 2.75) is 38.8 Å². The van der Waals surface area contributed by atoms with Gasteiger partial charge < -0.3 is 15.7 Å². The van der Waals surface area contributed by atoms with Crippen LogP contribution in [0.1, 0.15) is 31.2 Å². The smallest absolute Gasteiger partial charge is 0.153 e. The molecule has 1 saturated heterocycles. The Bertz CT molecular complexity index is 789. The monoisotopic (exact) mass is 425 g/mol. The van der Waals surface area contributed by atoms with E-state index < -0.39 is 0 Å². The van der Waals surface area contributed by atoms with Gasteiger partial charge in [0.15, 0.2) is 5.82 Å². The Labute approximate surface area is 160 Å². The van der Waals surface area contributed by atoms with Gasteiger partial charge in [0.2, 0.25) is 0 Å². The summed E-state index contributed by atoms with van der Waals surface area (Å²) >= 11 is 9.55. The van der Waals surface area contributed by atoms with E-state index in [1.54, 1.807) is 6.20 Å². The van der Waals surface area contributed by atoms with E-state index in [4.69, 9.17) is 22.3 Å². The van der Waals surface area contributed by atoms with Crippen molar-refractivity contribution < 1.29 is 5.11 Å². The highest BCUT2D eigenvalue weighted by Crippen LogP contribution is 2.34. The number of aryl methyl sites for hydroxylation is 1. The first-order valence-corrected chi connectivity index (χ1v) is 9.32. The van der Waals surface area contributed by atoms with Gasteiger partial charge in [-0.25, -0.2) is 15.0 Å². The summed E-state index contributed by atoms with van der Waals surface area (Å²) in [7, 11) is 0. The number of piperidine rings is 1. The summed E-state index contributed by atoms with van der Waals surface area (Å²) < 4.78 is 0.669. The normalized spacial score (nSPS) is 17.0. The van der Waals surface area contributed by atoms with Gasteiger partial charge in [-0.05, 0) is 48.7 Å². The van der Waals surface area contributed by atoms with Crippen LogP contribution in [-0.4, -0.2) is 38.7 Å². The second-order valence-corrected chi connectivity index (χ2v) is 7.84. The summed E-state index contributed by atoms with van der Waals surface area (Å²) in [5.41, 5.74) is 8.89. The van der Waals surface area contributed by atoms with Crippen molar-refractivity contribution >= 4 is 33.3 Å². The highest BCUT2D eigenvalue weighted by Gasteiger charge is 2.28. The zero-order valence-electron chi connectivity index (χ0n) is 14.3. The van der Waals surface area contributed by atoms with Gasteiger partial charge in [0.05, 0.1) is 22.5 Å². The molecule has 0 bridgehead atoms. The fourth-order valence-electron chi connectivity index (χ4n) is 2.99. The fraction of sp³-hybridized carbons (Fsp3) is 0.471. The zero-order valence-corrected chi connectivity index (χ0v) is 16.6. The van der Waals surface area contributed by atoms with Gasteiger partial charge in [0, 0.05) is 30.4 Å². The molecule has 6 nitrogen and oxygen atoms in total. The topological polar surface area (TPSA) is 88.2 Å². The molecule has 3 N–H and O–H groups in total. The third-order valence-corrected chi connectivity index (χ3v) is 5.90. The fourth-order valence-corrected chi connectivity index (χ4v) is 3.57. The maximum Gasteiger partial charge on any atom is 0.153 e. The van der Waals surface area contributed by atoms with Gasteiger partial charge in [-0.2, -0.15) is 0 Å². The lowest BCUT2D eigenvalue weighted by molar-refractivity contribution is 0.275. The third kappa shape index (κ3) is 3.79. The lowest BCUT2D eigenvalue weighted by Crippen LogP contribution is -2.48. The lowest BCUT2D eigenvalue weighted by Gasteiger charge is -2.38. The molecule has 0 unspecified atom stereocenters. The largest absolute Gasteiger partial charge is 0.390 e. The van der Waals surface area contributed by atoms with E-state index >= 15 is 0 Å². The summed E-state index contributed by atoms with van der Waals surface area (Å²) in [5, 5.41) is 10.2. The number of hydrogen-bond donors (Lipinski definition) is 2. The van der Waals surface area contributed by atoms with Crippen molar-refractivity contribution in [3.8, 4) is 11.3 Å². The average molecular weight is 427 g/mol. The molecule has 1 aliphatic heterocycles. The van der Waals surface area contributed by atoms with Gasteiger partial charge in [0.25, 0.3) is 0 Å². The molecule has 0 atom stereocenters. The zero-order chi connectivity index (χ0) is 18.2. The SMILES string of the molecule is Cc1nc(N2CCC(C)(N)CC2)c(CO)nc1-c1ccnc(Cl)c1Br. The number of rotatable bonds is 3. The number of nitrogens with two attached hydrogens (primary N) is 1. The average Bonchev–Trinajstić information content (AvgIpc) is 2.57. The minimum absolute atomic E-state index is 0.142. The van der Waals surface area contributed by atoms with E-state index in [0.717, 1.165) is 43.0 Å². The van der Waals surface area contributed by atoms with Crippen molar-refractivity contribution in [2.24, 2.45) is 5.73 Å².